The van der Waals surface area contributed by atoms with E-state index in [-0.39, 0.29) is 0 Å². The van der Waals surface area contributed by atoms with Gasteiger partial charge in [0.2, 0.25) is 5.95 Å². The number of rotatable bonds is 2. The van der Waals surface area contributed by atoms with Crippen molar-refractivity contribution >= 4 is 5.95 Å². The van der Waals surface area contributed by atoms with Gasteiger partial charge in [-0.3, -0.25) is 0 Å². The summed E-state index contributed by atoms with van der Waals surface area (Å²) < 4.78 is 0. The minimum Gasteiger partial charge on any atom is -0.368 e. The van der Waals surface area contributed by atoms with Crippen LogP contribution in [0.2, 0.25) is 0 Å². The Labute approximate surface area is 89.5 Å². The Morgan fingerprint density at radius 2 is 2.20 bits per heavy atom. The van der Waals surface area contributed by atoms with Crippen LogP contribution in [0.15, 0.2) is 0 Å². The standard InChI is InChI=1S/C10H17N5/c1-15-5-3-9-7(6-15)8(2-4-11)13-10(12)14-9/h2-6,11H2,1H3,(H2,12,13,14). The Morgan fingerprint density at radius 3 is 2.93 bits per heavy atom. The number of nitrogen functional groups attached to an aromatic ring is 1. The van der Waals surface area contributed by atoms with Crippen molar-refractivity contribution in [3.8, 4) is 0 Å². The Bertz CT molecular complexity index is 363. The van der Waals surface area contributed by atoms with Gasteiger partial charge in [-0.05, 0) is 13.6 Å². The van der Waals surface area contributed by atoms with Gasteiger partial charge in [-0.25, -0.2) is 9.97 Å². The van der Waals surface area contributed by atoms with Crippen LogP contribution in [0.25, 0.3) is 0 Å². The van der Waals surface area contributed by atoms with Gasteiger partial charge >= 0.3 is 0 Å². The molecule has 0 bridgehead atoms. The molecule has 0 saturated heterocycles. The molecule has 15 heavy (non-hydrogen) atoms. The third-order valence-corrected chi connectivity index (χ3v) is 2.74. The van der Waals surface area contributed by atoms with Gasteiger partial charge in [0.05, 0.1) is 11.4 Å². The van der Waals surface area contributed by atoms with E-state index in [0.29, 0.717) is 12.5 Å². The molecule has 0 radical (unpaired) electrons. The van der Waals surface area contributed by atoms with Gasteiger partial charge in [0.25, 0.3) is 0 Å². The first-order chi connectivity index (χ1) is 7.20. The predicted octanol–water partition coefficient (Wildman–Crippen LogP) is -0.452. The normalized spacial score (nSPS) is 16.4. The topological polar surface area (TPSA) is 81.1 Å². The summed E-state index contributed by atoms with van der Waals surface area (Å²) in [5.74, 6) is 0.377. The lowest BCUT2D eigenvalue weighted by atomic mass is 10.0. The molecule has 4 N–H and O–H groups in total. The minimum atomic E-state index is 0.377. The zero-order valence-corrected chi connectivity index (χ0v) is 9.03. The Morgan fingerprint density at radius 1 is 1.40 bits per heavy atom. The van der Waals surface area contributed by atoms with Crippen molar-refractivity contribution in [3.05, 3.63) is 17.0 Å². The largest absolute Gasteiger partial charge is 0.368 e. The number of fused-ring (bicyclic) bond motifs is 1. The maximum absolute atomic E-state index is 5.67. The van der Waals surface area contributed by atoms with Gasteiger partial charge in [-0.15, -0.1) is 0 Å². The predicted molar refractivity (Wildman–Crippen MR) is 59.2 cm³/mol. The van der Waals surface area contributed by atoms with Gasteiger partial charge in [-0.1, -0.05) is 0 Å². The number of nitrogens with two attached hydrogens (primary N) is 2. The molecule has 1 aliphatic heterocycles. The fourth-order valence-electron chi connectivity index (χ4n) is 1.98. The molecule has 0 unspecified atom stereocenters. The summed E-state index contributed by atoms with van der Waals surface area (Å²) in [5, 5.41) is 0. The van der Waals surface area contributed by atoms with E-state index in [2.05, 4.69) is 21.9 Å². The van der Waals surface area contributed by atoms with Crippen molar-refractivity contribution in [3.63, 3.8) is 0 Å². The van der Waals surface area contributed by atoms with Gasteiger partial charge in [-0.2, -0.15) is 0 Å². The van der Waals surface area contributed by atoms with E-state index >= 15 is 0 Å². The van der Waals surface area contributed by atoms with Crippen LogP contribution in [0.4, 0.5) is 5.95 Å². The van der Waals surface area contributed by atoms with Crippen LogP contribution in [0.1, 0.15) is 17.0 Å². The molecule has 0 aromatic carbocycles. The second-order valence-corrected chi connectivity index (χ2v) is 3.98. The van der Waals surface area contributed by atoms with E-state index in [0.717, 1.165) is 37.3 Å². The van der Waals surface area contributed by atoms with Crippen molar-refractivity contribution in [2.45, 2.75) is 19.4 Å². The zero-order valence-electron chi connectivity index (χ0n) is 9.03. The maximum Gasteiger partial charge on any atom is 0.220 e. The summed E-state index contributed by atoms with van der Waals surface area (Å²) in [6.07, 6.45) is 1.74. The molecule has 1 aliphatic rings. The lowest BCUT2D eigenvalue weighted by Crippen LogP contribution is -2.29. The highest BCUT2D eigenvalue weighted by molar-refractivity contribution is 5.33. The molecule has 82 valence electrons. The highest BCUT2D eigenvalue weighted by atomic mass is 15.1. The van der Waals surface area contributed by atoms with Crippen LogP contribution < -0.4 is 11.5 Å². The van der Waals surface area contributed by atoms with E-state index in [9.17, 15) is 0 Å². The van der Waals surface area contributed by atoms with Crippen LogP contribution in [-0.2, 0) is 19.4 Å². The fraction of sp³-hybridized carbons (Fsp3) is 0.600. The van der Waals surface area contributed by atoms with Crippen molar-refractivity contribution in [1.82, 2.24) is 14.9 Å². The average Bonchev–Trinajstić information content (AvgIpc) is 2.19. The molecule has 5 nitrogen and oxygen atoms in total. The number of hydrogen-bond acceptors (Lipinski definition) is 5. The highest BCUT2D eigenvalue weighted by Crippen LogP contribution is 2.20. The third-order valence-electron chi connectivity index (χ3n) is 2.74. The molecule has 0 amide bonds. The molecule has 0 spiro atoms. The Kier molecular flexibility index (Phi) is 2.83. The first-order valence-corrected chi connectivity index (χ1v) is 5.23. The highest BCUT2D eigenvalue weighted by Gasteiger charge is 2.19. The average molecular weight is 207 g/mol. The Balaban J connectivity index is 2.40. The van der Waals surface area contributed by atoms with Gasteiger partial charge in [0.15, 0.2) is 0 Å². The number of likely N-dealkylation sites (N-methyl/N-ethyl adjacent to an activating group) is 1. The molecule has 0 fully saturated rings. The minimum absolute atomic E-state index is 0.377. The molecule has 5 heteroatoms. The van der Waals surface area contributed by atoms with Crippen LogP contribution in [0.5, 0.6) is 0 Å². The van der Waals surface area contributed by atoms with Crippen molar-refractivity contribution in [2.75, 3.05) is 25.9 Å². The molecule has 0 aliphatic carbocycles. The third kappa shape index (κ3) is 2.08. The molecule has 1 aromatic heterocycles. The first-order valence-electron chi connectivity index (χ1n) is 5.23. The zero-order chi connectivity index (χ0) is 10.8. The second kappa shape index (κ2) is 4.12. The number of anilines is 1. The molecule has 2 rings (SSSR count). The lowest BCUT2D eigenvalue weighted by molar-refractivity contribution is 0.307. The van der Waals surface area contributed by atoms with E-state index in [4.69, 9.17) is 11.5 Å². The first kappa shape index (κ1) is 10.3. The summed E-state index contributed by atoms with van der Waals surface area (Å²) >= 11 is 0. The molecule has 2 heterocycles. The number of nitrogens with zero attached hydrogens (tertiary/aromatic N) is 3. The molecular weight excluding hydrogens is 190 g/mol. The van der Waals surface area contributed by atoms with E-state index in [1.807, 2.05) is 0 Å². The summed E-state index contributed by atoms with van der Waals surface area (Å²) in [5.41, 5.74) is 14.6. The summed E-state index contributed by atoms with van der Waals surface area (Å²) in [6.45, 7) is 2.54. The van der Waals surface area contributed by atoms with Crippen LogP contribution >= 0.6 is 0 Å². The summed E-state index contributed by atoms with van der Waals surface area (Å²) in [4.78, 5) is 10.8. The van der Waals surface area contributed by atoms with Gasteiger partial charge in [0.1, 0.15) is 0 Å². The van der Waals surface area contributed by atoms with E-state index in [1.165, 1.54) is 5.56 Å². The Hall–Kier alpha value is -1.20. The van der Waals surface area contributed by atoms with Gasteiger partial charge < -0.3 is 16.4 Å². The molecule has 0 saturated carbocycles. The van der Waals surface area contributed by atoms with Gasteiger partial charge in [0, 0.05) is 31.5 Å². The summed E-state index contributed by atoms with van der Waals surface area (Å²) in [6, 6.07) is 0. The van der Waals surface area contributed by atoms with Crippen molar-refractivity contribution in [2.24, 2.45) is 5.73 Å². The quantitative estimate of drug-likeness (QED) is 0.686. The second-order valence-electron chi connectivity index (χ2n) is 3.98. The number of hydrogen-bond donors (Lipinski definition) is 2. The van der Waals surface area contributed by atoms with E-state index in [1.54, 1.807) is 0 Å². The summed E-state index contributed by atoms with van der Waals surface area (Å²) in [7, 11) is 2.10. The molecular formula is C10H17N5. The maximum atomic E-state index is 5.67. The number of aromatic nitrogens is 2. The van der Waals surface area contributed by atoms with E-state index < -0.39 is 0 Å². The van der Waals surface area contributed by atoms with Crippen LogP contribution in [-0.4, -0.2) is 35.0 Å². The molecule has 1 aromatic rings. The van der Waals surface area contributed by atoms with Crippen molar-refractivity contribution in [1.29, 1.82) is 0 Å². The monoisotopic (exact) mass is 207 g/mol. The SMILES string of the molecule is CN1CCc2nc(N)nc(CCN)c2C1. The van der Waals surface area contributed by atoms with Crippen LogP contribution in [0, 0.1) is 0 Å². The molecule has 0 atom stereocenters. The van der Waals surface area contributed by atoms with Crippen LogP contribution in [0.3, 0.4) is 0 Å². The van der Waals surface area contributed by atoms with Crippen molar-refractivity contribution < 1.29 is 0 Å². The smallest absolute Gasteiger partial charge is 0.220 e. The lowest BCUT2D eigenvalue weighted by Gasteiger charge is -2.25. The fourth-order valence-corrected chi connectivity index (χ4v) is 1.98.